The molecule has 1 aromatic heterocycles. The highest BCUT2D eigenvalue weighted by molar-refractivity contribution is 6.28. The highest BCUT2D eigenvalue weighted by Crippen LogP contribution is 2.11. The number of anilines is 1. The van der Waals surface area contributed by atoms with E-state index in [9.17, 15) is 4.79 Å². The minimum Gasteiger partial charge on any atom is -0.464 e. The molecule has 0 spiro atoms. The van der Waals surface area contributed by atoms with E-state index in [4.69, 9.17) is 16.3 Å². The second kappa shape index (κ2) is 7.23. The van der Waals surface area contributed by atoms with Gasteiger partial charge in [-0.2, -0.15) is 15.0 Å². The lowest BCUT2D eigenvalue weighted by atomic mass is 10.1. The Balaban J connectivity index is 2.47. The minimum absolute atomic E-state index is 0.0461. The molecule has 2 N–H and O–H groups in total. The van der Waals surface area contributed by atoms with Crippen molar-refractivity contribution in [1.82, 2.24) is 20.3 Å². The maximum atomic E-state index is 11.6. The molecule has 0 saturated carbocycles. The Labute approximate surface area is 123 Å². The van der Waals surface area contributed by atoms with Gasteiger partial charge in [-0.15, -0.1) is 0 Å². The Morgan fingerprint density at radius 3 is 2.60 bits per heavy atom. The number of ether oxygens (including phenoxy) is 1. The average molecular weight is 302 g/mol. The molecule has 0 aromatic carbocycles. The lowest BCUT2D eigenvalue weighted by Gasteiger charge is -2.20. The quantitative estimate of drug-likeness (QED) is 0.830. The van der Waals surface area contributed by atoms with E-state index < -0.39 is 0 Å². The van der Waals surface area contributed by atoms with E-state index in [-0.39, 0.29) is 28.7 Å². The topological polar surface area (TPSA) is 89.0 Å². The number of carbonyl (C=O) groups excluding carboxylic acids is 1. The van der Waals surface area contributed by atoms with Gasteiger partial charge in [-0.3, -0.25) is 4.79 Å². The molecule has 112 valence electrons. The zero-order chi connectivity index (χ0) is 15.2. The number of hydrogen-bond donors (Lipinski definition) is 2. The molecular formula is C12H20ClN5O2. The molecule has 0 radical (unpaired) electrons. The van der Waals surface area contributed by atoms with Crippen LogP contribution in [0.1, 0.15) is 34.1 Å². The van der Waals surface area contributed by atoms with Gasteiger partial charge in [0.15, 0.2) is 0 Å². The predicted molar refractivity (Wildman–Crippen MR) is 77.0 cm³/mol. The van der Waals surface area contributed by atoms with E-state index in [0.29, 0.717) is 19.6 Å². The molecule has 1 heterocycles. The van der Waals surface area contributed by atoms with Crippen LogP contribution in [0.5, 0.6) is 6.01 Å². The van der Waals surface area contributed by atoms with Gasteiger partial charge in [0.05, 0.1) is 6.61 Å². The zero-order valence-corrected chi connectivity index (χ0v) is 12.9. The van der Waals surface area contributed by atoms with E-state index in [0.717, 1.165) is 0 Å². The number of nitrogens with one attached hydrogen (secondary N) is 2. The highest BCUT2D eigenvalue weighted by Gasteiger charge is 2.13. The number of aromatic nitrogens is 3. The van der Waals surface area contributed by atoms with Gasteiger partial charge in [-0.1, -0.05) is 0 Å². The standard InChI is InChI=1S/C12H20ClN5O2/c1-5-20-11-16-9(13)15-10(17-11)14-7-6-8(19)18-12(2,3)4/h5-7H2,1-4H3,(H,18,19)(H,14,15,16,17). The van der Waals surface area contributed by atoms with Crippen molar-refractivity contribution >= 4 is 23.5 Å². The summed E-state index contributed by atoms with van der Waals surface area (Å²) in [5, 5.41) is 5.83. The van der Waals surface area contributed by atoms with Crippen molar-refractivity contribution in [3.63, 3.8) is 0 Å². The predicted octanol–water partition coefficient (Wildman–Crippen LogP) is 1.64. The molecule has 0 bridgehead atoms. The zero-order valence-electron chi connectivity index (χ0n) is 12.2. The fraction of sp³-hybridized carbons (Fsp3) is 0.667. The lowest BCUT2D eigenvalue weighted by Crippen LogP contribution is -2.41. The molecule has 7 nitrogen and oxygen atoms in total. The van der Waals surface area contributed by atoms with Crippen LogP contribution in [0.3, 0.4) is 0 Å². The Morgan fingerprint density at radius 2 is 2.00 bits per heavy atom. The second-order valence-corrected chi connectivity index (χ2v) is 5.46. The van der Waals surface area contributed by atoms with Crippen molar-refractivity contribution in [1.29, 1.82) is 0 Å². The van der Waals surface area contributed by atoms with Crippen molar-refractivity contribution in [3.8, 4) is 6.01 Å². The van der Waals surface area contributed by atoms with E-state index >= 15 is 0 Å². The van der Waals surface area contributed by atoms with Gasteiger partial charge in [-0.05, 0) is 39.3 Å². The van der Waals surface area contributed by atoms with Crippen molar-refractivity contribution in [2.45, 2.75) is 39.7 Å². The van der Waals surface area contributed by atoms with Crippen molar-refractivity contribution in [2.24, 2.45) is 0 Å². The first-order valence-corrected chi connectivity index (χ1v) is 6.77. The maximum Gasteiger partial charge on any atom is 0.322 e. The summed E-state index contributed by atoms with van der Waals surface area (Å²) >= 11 is 5.75. The second-order valence-electron chi connectivity index (χ2n) is 5.12. The molecular weight excluding hydrogens is 282 g/mol. The number of hydrogen-bond acceptors (Lipinski definition) is 6. The molecule has 0 atom stereocenters. The average Bonchev–Trinajstić information content (AvgIpc) is 2.26. The van der Waals surface area contributed by atoms with Gasteiger partial charge in [0.1, 0.15) is 0 Å². The summed E-state index contributed by atoms with van der Waals surface area (Å²) in [4.78, 5) is 23.4. The normalized spacial score (nSPS) is 11.1. The van der Waals surface area contributed by atoms with Gasteiger partial charge in [-0.25, -0.2) is 0 Å². The third-order valence-corrected chi connectivity index (χ3v) is 2.18. The summed E-state index contributed by atoms with van der Waals surface area (Å²) in [6.07, 6.45) is 0.310. The van der Waals surface area contributed by atoms with Crippen molar-refractivity contribution in [2.75, 3.05) is 18.5 Å². The van der Waals surface area contributed by atoms with Crippen LogP contribution in [0.15, 0.2) is 0 Å². The fourth-order valence-corrected chi connectivity index (χ4v) is 1.53. The summed E-state index contributed by atoms with van der Waals surface area (Å²) in [5.41, 5.74) is -0.240. The minimum atomic E-state index is -0.240. The van der Waals surface area contributed by atoms with Crippen LogP contribution >= 0.6 is 11.6 Å². The van der Waals surface area contributed by atoms with Gasteiger partial charge in [0, 0.05) is 18.5 Å². The Morgan fingerprint density at radius 1 is 1.30 bits per heavy atom. The Hall–Kier alpha value is -1.63. The number of halogens is 1. The first kappa shape index (κ1) is 16.4. The van der Waals surface area contributed by atoms with Crippen LogP contribution in [0.2, 0.25) is 5.28 Å². The van der Waals surface area contributed by atoms with Gasteiger partial charge in [0.25, 0.3) is 0 Å². The number of amides is 1. The molecule has 1 rings (SSSR count). The van der Waals surface area contributed by atoms with Crippen LogP contribution in [0.4, 0.5) is 5.95 Å². The fourth-order valence-electron chi connectivity index (χ4n) is 1.37. The molecule has 0 aliphatic heterocycles. The summed E-state index contributed by atoms with van der Waals surface area (Å²) in [7, 11) is 0. The van der Waals surface area contributed by atoms with Crippen LogP contribution in [-0.4, -0.2) is 39.5 Å². The largest absolute Gasteiger partial charge is 0.464 e. The van der Waals surface area contributed by atoms with Crippen LogP contribution in [0.25, 0.3) is 0 Å². The van der Waals surface area contributed by atoms with E-state index in [1.165, 1.54) is 0 Å². The smallest absolute Gasteiger partial charge is 0.322 e. The molecule has 0 saturated heterocycles. The Kier molecular flexibility index (Phi) is 5.94. The first-order chi connectivity index (χ1) is 9.30. The van der Waals surface area contributed by atoms with Crippen molar-refractivity contribution in [3.05, 3.63) is 5.28 Å². The monoisotopic (exact) mass is 301 g/mol. The number of nitrogens with zero attached hydrogens (tertiary/aromatic N) is 3. The van der Waals surface area contributed by atoms with Gasteiger partial charge < -0.3 is 15.4 Å². The maximum absolute atomic E-state index is 11.6. The molecule has 0 unspecified atom stereocenters. The molecule has 0 aliphatic rings. The number of carbonyl (C=O) groups is 1. The van der Waals surface area contributed by atoms with Gasteiger partial charge >= 0.3 is 6.01 Å². The Bertz CT molecular complexity index is 462. The highest BCUT2D eigenvalue weighted by atomic mass is 35.5. The summed E-state index contributed by atoms with van der Waals surface area (Å²) in [5.74, 6) is 0.243. The lowest BCUT2D eigenvalue weighted by molar-refractivity contribution is -0.122. The van der Waals surface area contributed by atoms with Crippen LogP contribution in [-0.2, 0) is 4.79 Å². The summed E-state index contributed by atoms with van der Waals surface area (Å²) in [6, 6.07) is 0.161. The van der Waals surface area contributed by atoms with Crippen molar-refractivity contribution < 1.29 is 9.53 Å². The summed E-state index contributed by atoms with van der Waals surface area (Å²) < 4.78 is 5.15. The SMILES string of the molecule is CCOc1nc(Cl)nc(NCCC(=O)NC(C)(C)C)n1. The van der Waals surface area contributed by atoms with Crippen LogP contribution < -0.4 is 15.4 Å². The van der Waals surface area contributed by atoms with Gasteiger partial charge in [0.2, 0.25) is 17.1 Å². The third kappa shape index (κ3) is 6.51. The van der Waals surface area contributed by atoms with E-state index in [1.54, 1.807) is 0 Å². The molecule has 1 aromatic rings. The summed E-state index contributed by atoms with van der Waals surface area (Å²) in [6.45, 7) is 8.44. The van der Waals surface area contributed by atoms with E-state index in [1.807, 2.05) is 27.7 Å². The molecule has 1 amide bonds. The molecule has 0 aliphatic carbocycles. The van der Waals surface area contributed by atoms with E-state index in [2.05, 4.69) is 25.6 Å². The number of rotatable bonds is 6. The van der Waals surface area contributed by atoms with Crippen LogP contribution in [0, 0.1) is 0 Å². The third-order valence-electron chi connectivity index (χ3n) is 2.01. The first-order valence-electron chi connectivity index (χ1n) is 6.39. The molecule has 20 heavy (non-hydrogen) atoms. The molecule has 8 heteroatoms. The molecule has 0 fully saturated rings.